The van der Waals surface area contributed by atoms with Gasteiger partial charge in [0.15, 0.2) is 17.1 Å². The molecule has 1 aliphatic carbocycles. The lowest BCUT2D eigenvalue weighted by Gasteiger charge is -2.21. The van der Waals surface area contributed by atoms with E-state index in [2.05, 4.69) is 12.2 Å². The number of halogens is 6. The van der Waals surface area contributed by atoms with E-state index in [-0.39, 0.29) is 64.1 Å². The van der Waals surface area contributed by atoms with Gasteiger partial charge in [-0.25, -0.2) is 4.79 Å². The second-order valence-electron chi connectivity index (χ2n) is 9.55. The van der Waals surface area contributed by atoms with Gasteiger partial charge in [-0.1, -0.05) is 109 Å². The van der Waals surface area contributed by atoms with Crippen LogP contribution in [0.2, 0.25) is 30.1 Å². The fraction of sp³-hybridized carbons (Fsp3) is 0.276. The summed E-state index contributed by atoms with van der Waals surface area (Å²) in [6, 6.07) is 3.66. The number of carboxylic acids is 1. The van der Waals surface area contributed by atoms with Crippen molar-refractivity contribution in [1.29, 1.82) is 0 Å². The molecule has 0 bridgehead atoms. The second kappa shape index (κ2) is 13.5. The molecule has 0 saturated carbocycles. The first kappa shape index (κ1) is 32.5. The smallest absolute Gasteiger partial charge is 0.337 e. The van der Waals surface area contributed by atoms with Crippen molar-refractivity contribution < 1.29 is 24.2 Å². The Labute approximate surface area is 270 Å². The molecule has 0 fully saturated rings. The van der Waals surface area contributed by atoms with Crippen LogP contribution in [0.15, 0.2) is 27.4 Å². The van der Waals surface area contributed by atoms with Crippen LogP contribution in [0.5, 0.6) is 5.75 Å². The van der Waals surface area contributed by atoms with Crippen LogP contribution >= 0.6 is 69.6 Å². The van der Waals surface area contributed by atoms with Crippen LogP contribution in [0.4, 0.5) is 0 Å². The van der Waals surface area contributed by atoms with E-state index in [1.54, 1.807) is 0 Å². The van der Waals surface area contributed by atoms with E-state index in [0.29, 0.717) is 6.54 Å². The fourth-order valence-corrected chi connectivity index (χ4v) is 6.30. The number of hydrogen-bond donors (Lipinski definition) is 3. The number of phenolic OH excluding ortho intramolecular Hbond substituents is 1. The van der Waals surface area contributed by atoms with Gasteiger partial charge in [0.25, 0.3) is 5.91 Å². The summed E-state index contributed by atoms with van der Waals surface area (Å²) in [4.78, 5) is 38.4. The summed E-state index contributed by atoms with van der Waals surface area (Å²) >= 11 is 38.4. The third kappa shape index (κ3) is 6.14. The Morgan fingerprint density at radius 1 is 0.833 bits per heavy atom. The molecule has 1 heterocycles. The number of carbonyl (C=O) groups excluding carboxylic acids is 1. The van der Waals surface area contributed by atoms with Crippen molar-refractivity contribution in [1.82, 2.24) is 5.32 Å². The van der Waals surface area contributed by atoms with Crippen LogP contribution in [-0.2, 0) is 0 Å². The first-order chi connectivity index (χ1) is 19.9. The normalized spacial score (nSPS) is 11.4. The van der Waals surface area contributed by atoms with Gasteiger partial charge in [0.1, 0.15) is 10.0 Å². The minimum Gasteiger partial charge on any atom is -0.505 e. The molecule has 0 radical (unpaired) electrons. The quantitative estimate of drug-likeness (QED) is 0.112. The van der Waals surface area contributed by atoms with Crippen molar-refractivity contribution in [3.05, 3.63) is 69.7 Å². The van der Waals surface area contributed by atoms with Gasteiger partial charge in [-0.2, -0.15) is 0 Å². The fourth-order valence-electron chi connectivity index (χ4n) is 4.70. The first-order valence-electron chi connectivity index (χ1n) is 12.9. The number of phenols is 1. The summed E-state index contributed by atoms with van der Waals surface area (Å²) in [5, 5.41) is 21.7. The van der Waals surface area contributed by atoms with E-state index < -0.39 is 33.6 Å². The lowest BCUT2D eigenvalue weighted by molar-refractivity contribution is 0.0697. The van der Waals surface area contributed by atoms with E-state index in [0.717, 1.165) is 38.5 Å². The van der Waals surface area contributed by atoms with Gasteiger partial charge in [-0.15, -0.1) is 0 Å². The molecule has 4 rings (SSSR count). The van der Waals surface area contributed by atoms with Crippen molar-refractivity contribution in [3.8, 4) is 28.2 Å². The third-order valence-electron chi connectivity index (χ3n) is 6.76. The summed E-state index contributed by atoms with van der Waals surface area (Å²) in [6.45, 7) is 2.50. The van der Waals surface area contributed by atoms with Crippen molar-refractivity contribution >= 4 is 92.5 Å². The Morgan fingerprint density at radius 3 is 2.17 bits per heavy atom. The largest absolute Gasteiger partial charge is 0.505 e. The number of benzene rings is 3. The molecule has 1 aliphatic heterocycles. The maximum absolute atomic E-state index is 13.3. The molecule has 2 aliphatic rings. The van der Waals surface area contributed by atoms with Crippen molar-refractivity contribution in [3.63, 3.8) is 0 Å². The Balaban J connectivity index is 1.99. The molecule has 1 amide bonds. The van der Waals surface area contributed by atoms with E-state index >= 15 is 0 Å². The summed E-state index contributed by atoms with van der Waals surface area (Å²) in [7, 11) is 0. The molecule has 0 unspecified atom stereocenters. The minimum atomic E-state index is -1.47. The summed E-state index contributed by atoms with van der Waals surface area (Å²) < 4.78 is 5.85. The highest BCUT2D eigenvalue weighted by Gasteiger charge is 2.32. The van der Waals surface area contributed by atoms with Gasteiger partial charge in [0.2, 0.25) is 5.43 Å². The molecule has 3 N–H and O–H groups in total. The summed E-state index contributed by atoms with van der Waals surface area (Å²) in [5.74, 6) is -2.79. The number of carboxylic acid groups (broad SMARTS) is 1. The van der Waals surface area contributed by atoms with E-state index in [1.807, 2.05) is 0 Å². The highest BCUT2D eigenvalue weighted by molar-refractivity contribution is 6.44. The van der Waals surface area contributed by atoms with E-state index in [4.69, 9.17) is 74.0 Å². The van der Waals surface area contributed by atoms with Crippen LogP contribution in [0.1, 0.15) is 66.2 Å². The van der Waals surface area contributed by atoms with Crippen molar-refractivity contribution in [2.45, 2.75) is 45.4 Å². The standard InChI is InChI=1S/C29H23Cl6NO6/c1-2-3-4-5-6-7-8-36-28(39)14-11-15(30)19(29(40)41)20(21(14)33)18-12-9-16(31)24(37)22(34)26(12)42-27-13(18)10-17(32)25(38)23(27)35/h9-11,37H,2-8H2,1H3,(H,36,39)(H,40,41). The maximum Gasteiger partial charge on any atom is 0.337 e. The maximum atomic E-state index is 13.3. The number of hydrogen-bond acceptors (Lipinski definition) is 5. The van der Waals surface area contributed by atoms with Crippen LogP contribution < -0.4 is 10.7 Å². The average Bonchev–Trinajstić information content (AvgIpc) is 2.94. The van der Waals surface area contributed by atoms with Gasteiger partial charge < -0.3 is 19.9 Å². The highest BCUT2D eigenvalue weighted by atomic mass is 35.5. The zero-order valence-corrected chi connectivity index (χ0v) is 26.5. The Kier molecular flexibility index (Phi) is 10.5. The molecule has 0 saturated heterocycles. The molecule has 222 valence electrons. The molecule has 0 aromatic heterocycles. The van der Waals surface area contributed by atoms with Crippen LogP contribution in [0.25, 0.3) is 33.4 Å². The van der Waals surface area contributed by atoms with Crippen molar-refractivity contribution in [2.75, 3.05) is 6.54 Å². The average molecular weight is 694 g/mol. The number of amides is 1. The van der Waals surface area contributed by atoms with E-state index in [9.17, 15) is 24.6 Å². The molecule has 2 aromatic rings. The summed E-state index contributed by atoms with van der Waals surface area (Å²) in [5.41, 5.74) is -1.64. The SMILES string of the molecule is CCCCCCCCNC(=O)c1cc(Cl)c(C(=O)O)c(-c2c3cc(Cl)c(=O)c(Cl)c-3oc3c(Cl)c(O)c(Cl)cc23)c1Cl. The number of rotatable bonds is 10. The molecular weight excluding hydrogens is 671 g/mol. The molecule has 13 heteroatoms. The number of fused-ring (bicyclic) bond motifs is 2. The lowest BCUT2D eigenvalue weighted by atomic mass is 9.89. The molecule has 42 heavy (non-hydrogen) atoms. The molecule has 7 nitrogen and oxygen atoms in total. The number of unbranched alkanes of at least 4 members (excludes halogenated alkanes) is 5. The first-order valence-corrected chi connectivity index (χ1v) is 15.2. The Morgan fingerprint density at radius 2 is 1.50 bits per heavy atom. The molecule has 0 spiro atoms. The zero-order chi connectivity index (χ0) is 30.9. The zero-order valence-electron chi connectivity index (χ0n) is 22.0. The predicted molar refractivity (Wildman–Crippen MR) is 169 cm³/mol. The lowest BCUT2D eigenvalue weighted by Crippen LogP contribution is -2.25. The van der Waals surface area contributed by atoms with E-state index in [1.165, 1.54) is 18.2 Å². The minimum absolute atomic E-state index is 0.00808. The van der Waals surface area contributed by atoms with Crippen molar-refractivity contribution in [2.24, 2.45) is 0 Å². The second-order valence-corrected chi connectivity index (χ2v) is 11.9. The molecular formula is C29H23Cl6NO6. The van der Waals surface area contributed by atoms with Gasteiger partial charge >= 0.3 is 5.97 Å². The number of aromatic hydroxyl groups is 1. The van der Waals surface area contributed by atoms with Gasteiger partial charge in [0.05, 0.1) is 31.2 Å². The molecule has 0 atom stereocenters. The molecule has 2 aromatic carbocycles. The number of carbonyl (C=O) groups is 2. The topological polar surface area (TPSA) is 117 Å². The number of aromatic carboxylic acids is 1. The van der Waals surface area contributed by atoms with Crippen LogP contribution in [0.3, 0.4) is 0 Å². The van der Waals surface area contributed by atoms with Gasteiger partial charge in [0, 0.05) is 28.6 Å². The third-order valence-corrected chi connectivity index (χ3v) is 8.72. The van der Waals surface area contributed by atoms with Gasteiger partial charge in [-0.3, -0.25) is 9.59 Å². The summed E-state index contributed by atoms with van der Waals surface area (Å²) in [6.07, 6.45) is 6.11. The monoisotopic (exact) mass is 691 g/mol. The highest BCUT2D eigenvalue weighted by Crippen LogP contribution is 2.51. The van der Waals surface area contributed by atoms with Gasteiger partial charge in [-0.05, 0) is 24.6 Å². The Bertz CT molecular complexity index is 1750. The predicted octanol–water partition coefficient (Wildman–Crippen LogP) is 9.98. The number of nitrogens with one attached hydrogen (secondary N) is 1. The van der Waals surface area contributed by atoms with Crippen LogP contribution in [0, 0.1) is 0 Å². The van der Waals surface area contributed by atoms with Crippen LogP contribution in [-0.4, -0.2) is 28.6 Å². The Hall–Kier alpha value is -2.39.